The molecule has 8 nitrogen and oxygen atoms in total. The summed E-state index contributed by atoms with van der Waals surface area (Å²) in [5.74, 6) is -0.0880. The molecule has 4 heterocycles. The molecule has 0 aromatic carbocycles. The van der Waals surface area contributed by atoms with Gasteiger partial charge in [0.25, 0.3) is 0 Å². The molecule has 3 aromatic heterocycles. The number of hydrogen-bond acceptors (Lipinski definition) is 8. The predicted octanol–water partition coefficient (Wildman–Crippen LogP) is 2.36. The van der Waals surface area contributed by atoms with Gasteiger partial charge in [0.1, 0.15) is 10.6 Å². The maximum atomic E-state index is 13.1. The Balaban J connectivity index is 1.68. The van der Waals surface area contributed by atoms with Crippen LogP contribution in [0, 0.1) is 6.92 Å². The number of alkyl halides is 3. The number of aromatic nitrogens is 5. The number of rotatable bonds is 5. The van der Waals surface area contributed by atoms with E-state index in [1.807, 2.05) is 17.9 Å². The number of halogens is 3. The highest BCUT2D eigenvalue weighted by molar-refractivity contribution is 7.18. The summed E-state index contributed by atoms with van der Waals surface area (Å²) in [6.45, 7) is 3.50. The monoisotopic (exact) mass is 413 g/mol. The average Bonchev–Trinajstić information content (AvgIpc) is 3.22. The van der Waals surface area contributed by atoms with E-state index in [9.17, 15) is 13.2 Å². The first-order valence-corrected chi connectivity index (χ1v) is 9.53. The van der Waals surface area contributed by atoms with Crippen LogP contribution in [0.4, 0.5) is 19.0 Å². The van der Waals surface area contributed by atoms with E-state index >= 15 is 0 Å². The van der Waals surface area contributed by atoms with Gasteiger partial charge < -0.3 is 19.9 Å². The maximum absolute atomic E-state index is 13.1. The molecule has 150 valence electrons. The van der Waals surface area contributed by atoms with Crippen molar-refractivity contribution in [2.75, 3.05) is 24.6 Å². The molecule has 0 fully saturated rings. The van der Waals surface area contributed by atoms with Gasteiger partial charge in [0.05, 0.1) is 18.5 Å². The summed E-state index contributed by atoms with van der Waals surface area (Å²) in [6, 6.07) is 2.21. The summed E-state index contributed by atoms with van der Waals surface area (Å²) in [5, 5.41) is 7.90. The smallest absolute Gasteiger partial charge is 0.451 e. The zero-order chi connectivity index (χ0) is 19.9. The summed E-state index contributed by atoms with van der Waals surface area (Å²) in [6.07, 6.45) is -3.85. The van der Waals surface area contributed by atoms with Crippen LogP contribution in [0.25, 0.3) is 10.2 Å². The Kier molecular flexibility index (Phi) is 4.83. The highest BCUT2D eigenvalue weighted by atomic mass is 32.1. The van der Waals surface area contributed by atoms with Crippen molar-refractivity contribution in [2.45, 2.75) is 32.6 Å². The van der Waals surface area contributed by atoms with Crippen LogP contribution >= 0.6 is 11.3 Å². The van der Waals surface area contributed by atoms with Crippen LogP contribution in [-0.4, -0.2) is 44.4 Å². The SMILES string of the molecule is Cc1cc2c(N3CCn4c(nnc4C(F)(F)F)C3)nc(OCCCN)nc2s1. The Bertz CT molecular complexity index is 1000. The molecule has 0 unspecified atom stereocenters. The van der Waals surface area contributed by atoms with Gasteiger partial charge in [-0.3, -0.25) is 0 Å². The van der Waals surface area contributed by atoms with Gasteiger partial charge in [-0.05, 0) is 26.0 Å². The number of anilines is 1. The summed E-state index contributed by atoms with van der Waals surface area (Å²) in [7, 11) is 0. The molecule has 0 amide bonds. The molecule has 12 heteroatoms. The Morgan fingerprint density at radius 3 is 2.82 bits per heavy atom. The summed E-state index contributed by atoms with van der Waals surface area (Å²) < 4.78 is 45.9. The van der Waals surface area contributed by atoms with Gasteiger partial charge >= 0.3 is 12.2 Å². The fraction of sp³-hybridized carbons (Fsp3) is 0.500. The first kappa shape index (κ1) is 18.9. The topological polar surface area (TPSA) is 95.0 Å². The van der Waals surface area contributed by atoms with E-state index < -0.39 is 12.0 Å². The van der Waals surface area contributed by atoms with Gasteiger partial charge in [-0.15, -0.1) is 21.5 Å². The Morgan fingerprint density at radius 2 is 2.07 bits per heavy atom. The molecule has 0 bridgehead atoms. The van der Waals surface area contributed by atoms with Crippen molar-refractivity contribution in [3.8, 4) is 6.01 Å². The van der Waals surface area contributed by atoms with E-state index in [1.54, 1.807) is 0 Å². The molecule has 28 heavy (non-hydrogen) atoms. The fourth-order valence-electron chi connectivity index (χ4n) is 3.11. The van der Waals surface area contributed by atoms with E-state index in [0.717, 1.165) is 19.7 Å². The molecule has 0 atom stereocenters. The van der Waals surface area contributed by atoms with Gasteiger partial charge in [-0.1, -0.05) is 0 Å². The van der Waals surface area contributed by atoms with E-state index in [0.29, 0.717) is 31.9 Å². The number of nitrogens with two attached hydrogens (primary N) is 1. The van der Waals surface area contributed by atoms with Crippen molar-refractivity contribution in [3.63, 3.8) is 0 Å². The van der Waals surface area contributed by atoms with Gasteiger partial charge in [0, 0.05) is 18.0 Å². The van der Waals surface area contributed by atoms with Crippen LogP contribution in [0.5, 0.6) is 6.01 Å². The molecule has 1 aliphatic rings. The number of ether oxygens (including phenoxy) is 1. The standard InChI is InChI=1S/C16H18F3N7OS/c1-9-7-10-12(21-15(22-13(10)28-9)27-6-2-3-20)25-4-5-26-11(8-25)23-24-14(26)16(17,18)19/h7H,2-6,8,20H2,1H3. The number of fused-ring (bicyclic) bond motifs is 2. The zero-order valence-corrected chi connectivity index (χ0v) is 15.8. The lowest BCUT2D eigenvalue weighted by molar-refractivity contribution is -0.147. The van der Waals surface area contributed by atoms with Crippen LogP contribution in [0.2, 0.25) is 0 Å². The molecular weight excluding hydrogens is 395 g/mol. The van der Waals surface area contributed by atoms with Crippen LogP contribution < -0.4 is 15.4 Å². The van der Waals surface area contributed by atoms with Gasteiger partial charge in [0.15, 0.2) is 5.82 Å². The van der Waals surface area contributed by atoms with Crippen molar-refractivity contribution in [1.29, 1.82) is 0 Å². The van der Waals surface area contributed by atoms with Gasteiger partial charge in [-0.2, -0.15) is 23.1 Å². The largest absolute Gasteiger partial charge is 0.463 e. The van der Waals surface area contributed by atoms with E-state index in [1.165, 1.54) is 11.3 Å². The molecule has 0 saturated carbocycles. The Morgan fingerprint density at radius 1 is 1.25 bits per heavy atom. The third-order valence-electron chi connectivity index (χ3n) is 4.36. The second kappa shape index (κ2) is 7.17. The van der Waals surface area contributed by atoms with Crippen molar-refractivity contribution in [1.82, 2.24) is 24.7 Å². The predicted molar refractivity (Wildman–Crippen MR) is 97.4 cm³/mol. The molecule has 0 saturated heterocycles. The summed E-state index contributed by atoms with van der Waals surface area (Å²) in [5.41, 5.74) is 5.49. The number of thiophene rings is 1. The van der Waals surface area contributed by atoms with Crippen molar-refractivity contribution < 1.29 is 17.9 Å². The number of nitrogens with zero attached hydrogens (tertiary/aromatic N) is 6. The molecule has 0 radical (unpaired) electrons. The molecule has 2 N–H and O–H groups in total. The van der Waals surface area contributed by atoms with Crippen LogP contribution in [0.15, 0.2) is 6.07 Å². The lowest BCUT2D eigenvalue weighted by Crippen LogP contribution is -2.36. The zero-order valence-electron chi connectivity index (χ0n) is 15.0. The lowest BCUT2D eigenvalue weighted by Gasteiger charge is -2.29. The summed E-state index contributed by atoms with van der Waals surface area (Å²) in [4.78, 5) is 12.7. The minimum atomic E-state index is -4.52. The minimum absolute atomic E-state index is 0.120. The van der Waals surface area contributed by atoms with Crippen molar-refractivity contribution in [3.05, 3.63) is 22.6 Å². The Labute approximate surface area is 162 Å². The quantitative estimate of drug-likeness (QED) is 0.642. The van der Waals surface area contributed by atoms with Crippen molar-refractivity contribution in [2.24, 2.45) is 5.73 Å². The number of hydrogen-bond donors (Lipinski definition) is 1. The first-order chi connectivity index (χ1) is 13.4. The molecule has 0 aliphatic carbocycles. The van der Waals surface area contributed by atoms with Crippen LogP contribution in [-0.2, 0) is 19.3 Å². The fourth-order valence-corrected chi connectivity index (χ4v) is 3.97. The van der Waals surface area contributed by atoms with E-state index in [2.05, 4.69) is 20.2 Å². The number of aryl methyl sites for hydroxylation is 1. The van der Waals surface area contributed by atoms with E-state index in [-0.39, 0.29) is 24.9 Å². The highest BCUT2D eigenvalue weighted by Crippen LogP contribution is 2.35. The molecule has 0 spiro atoms. The molecule has 3 aromatic rings. The third kappa shape index (κ3) is 3.49. The normalized spacial score (nSPS) is 14.5. The van der Waals surface area contributed by atoms with Crippen molar-refractivity contribution >= 4 is 27.4 Å². The molecule has 1 aliphatic heterocycles. The Hall–Kier alpha value is -2.47. The highest BCUT2D eigenvalue weighted by Gasteiger charge is 2.39. The molecular formula is C16H18F3N7OS. The van der Waals surface area contributed by atoms with Crippen LogP contribution in [0.1, 0.15) is 22.9 Å². The average molecular weight is 413 g/mol. The lowest BCUT2D eigenvalue weighted by atomic mass is 10.3. The molecule has 4 rings (SSSR count). The third-order valence-corrected chi connectivity index (χ3v) is 5.31. The second-order valence-corrected chi connectivity index (χ2v) is 7.64. The first-order valence-electron chi connectivity index (χ1n) is 8.72. The second-order valence-electron chi connectivity index (χ2n) is 6.41. The summed E-state index contributed by atoms with van der Waals surface area (Å²) >= 11 is 1.51. The van der Waals surface area contributed by atoms with Crippen LogP contribution in [0.3, 0.4) is 0 Å². The van der Waals surface area contributed by atoms with E-state index in [4.69, 9.17) is 10.5 Å². The minimum Gasteiger partial charge on any atom is -0.463 e. The van der Waals surface area contributed by atoms with Gasteiger partial charge in [-0.25, -0.2) is 0 Å². The van der Waals surface area contributed by atoms with Gasteiger partial charge in [0.2, 0.25) is 5.82 Å². The maximum Gasteiger partial charge on any atom is 0.451 e.